The average molecular weight is 288 g/mol. The fourth-order valence-electron chi connectivity index (χ4n) is 3.11. The van der Waals surface area contributed by atoms with Crippen molar-refractivity contribution in [2.24, 2.45) is 11.7 Å². The highest BCUT2D eigenvalue weighted by molar-refractivity contribution is 5.76. The molecule has 0 saturated heterocycles. The maximum atomic E-state index is 12.1. The van der Waals surface area contributed by atoms with Crippen LogP contribution in [0.1, 0.15) is 69.5 Å². The quantitative estimate of drug-likeness (QED) is 0.871. The van der Waals surface area contributed by atoms with Crippen LogP contribution in [0.5, 0.6) is 0 Å². The Labute approximate surface area is 128 Å². The van der Waals surface area contributed by atoms with Crippen LogP contribution in [0.3, 0.4) is 0 Å². The van der Waals surface area contributed by atoms with Gasteiger partial charge in [0.05, 0.1) is 6.04 Å². The van der Waals surface area contributed by atoms with Crippen LogP contribution in [-0.4, -0.2) is 11.9 Å². The lowest BCUT2D eigenvalue weighted by Gasteiger charge is -2.19. The predicted octanol–water partition coefficient (Wildman–Crippen LogP) is 3.50. The molecule has 116 valence electrons. The summed E-state index contributed by atoms with van der Waals surface area (Å²) >= 11 is 0. The van der Waals surface area contributed by atoms with Crippen molar-refractivity contribution in [3.05, 3.63) is 35.4 Å². The molecular formula is C18H28N2O. The topological polar surface area (TPSA) is 55.1 Å². The lowest BCUT2D eigenvalue weighted by Crippen LogP contribution is -2.32. The monoisotopic (exact) mass is 288 g/mol. The molecule has 3 nitrogen and oxygen atoms in total. The molecule has 3 N–H and O–H groups in total. The van der Waals surface area contributed by atoms with E-state index >= 15 is 0 Å². The first kappa shape index (κ1) is 16.0. The molecule has 0 bridgehead atoms. The van der Waals surface area contributed by atoms with E-state index in [0.29, 0.717) is 18.3 Å². The molecule has 1 aromatic carbocycles. The second-order valence-electron chi connectivity index (χ2n) is 6.67. The Balaban J connectivity index is 1.88. The predicted molar refractivity (Wildman–Crippen MR) is 87.0 cm³/mol. The van der Waals surface area contributed by atoms with E-state index in [4.69, 9.17) is 5.73 Å². The Morgan fingerprint density at radius 3 is 2.33 bits per heavy atom. The van der Waals surface area contributed by atoms with Gasteiger partial charge < -0.3 is 11.1 Å². The van der Waals surface area contributed by atoms with Crippen molar-refractivity contribution in [3.8, 4) is 0 Å². The molecule has 0 aromatic heterocycles. The third-order valence-corrected chi connectivity index (χ3v) is 4.65. The van der Waals surface area contributed by atoms with Crippen molar-refractivity contribution in [2.45, 2.75) is 64.5 Å². The van der Waals surface area contributed by atoms with Gasteiger partial charge in [-0.1, -0.05) is 44.5 Å². The molecule has 21 heavy (non-hydrogen) atoms. The van der Waals surface area contributed by atoms with Gasteiger partial charge in [0, 0.05) is 12.5 Å². The van der Waals surface area contributed by atoms with Gasteiger partial charge in [-0.3, -0.25) is 4.79 Å². The first-order valence-corrected chi connectivity index (χ1v) is 8.12. The summed E-state index contributed by atoms with van der Waals surface area (Å²) in [7, 11) is 0. The molecule has 1 aliphatic carbocycles. The molecule has 0 heterocycles. The van der Waals surface area contributed by atoms with Crippen molar-refractivity contribution >= 4 is 5.91 Å². The molecule has 1 amide bonds. The normalized spacial score (nSPS) is 23.3. The summed E-state index contributed by atoms with van der Waals surface area (Å²) in [6.45, 7) is 6.41. The van der Waals surface area contributed by atoms with Crippen molar-refractivity contribution in [2.75, 3.05) is 0 Å². The Hall–Kier alpha value is -1.35. The molecule has 1 saturated carbocycles. The van der Waals surface area contributed by atoms with Crippen LogP contribution in [0.4, 0.5) is 0 Å². The van der Waals surface area contributed by atoms with Crippen LogP contribution in [0.25, 0.3) is 0 Å². The summed E-state index contributed by atoms with van der Waals surface area (Å²) in [6, 6.07) is 8.78. The standard InChI is InChI=1S/C18H28N2O/c1-12(2)14-7-9-15(10-8-14)13(3)20-18(21)11-16-5-4-6-17(16)19/h7-10,12-13,16-17H,4-6,11,19H2,1-3H3,(H,20,21)/t13?,16-,17+/m0/s1. The number of hydrogen-bond acceptors (Lipinski definition) is 2. The summed E-state index contributed by atoms with van der Waals surface area (Å²) in [4.78, 5) is 12.1. The lowest BCUT2D eigenvalue weighted by molar-refractivity contribution is -0.122. The van der Waals surface area contributed by atoms with Crippen LogP contribution in [-0.2, 0) is 4.79 Å². The molecule has 3 heteroatoms. The largest absolute Gasteiger partial charge is 0.350 e. The van der Waals surface area contributed by atoms with Gasteiger partial charge in [-0.2, -0.15) is 0 Å². The molecular weight excluding hydrogens is 260 g/mol. The second-order valence-corrected chi connectivity index (χ2v) is 6.67. The number of nitrogens with one attached hydrogen (secondary N) is 1. The minimum atomic E-state index is 0.0522. The molecule has 2 rings (SSSR count). The Bertz CT molecular complexity index is 467. The SMILES string of the molecule is CC(C)c1ccc(C(C)NC(=O)C[C@@H]2CCC[C@H]2N)cc1. The van der Waals surface area contributed by atoms with Gasteiger partial charge in [-0.15, -0.1) is 0 Å². The Morgan fingerprint density at radius 2 is 1.81 bits per heavy atom. The highest BCUT2D eigenvalue weighted by atomic mass is 16.1. The van der Waals surface area contributed by atoms with E-state index in [1.165, 1.54) is 5.56 Å². The minimum absolute atomic E-state index is 0.0522. The fourth-order valence-corrected chi connectivity index (χ4v) is 3.11. The molecule has 0 radical (unpaired) electrons. The van der Waals surface area contributed by atoms with Gasteiger partial charge in [0.25, 0.3) is 0 Å². The molecule has 1 unspecified atom stereocenters. The third kappa shape index (κ3) is 4.31. The molecule has 1 aromatic rings. The zero-order chi connectivity index (χ0) is 15.4. The summed E-state index contributed by atoms with van der Waals surface area (Å²) in [5.74, 6) is 1.02. The zero-order valence-electron chi connectivity index (χ0n) is 13.4. The summed E-state index contributed by atoms with van der Waals surface area (Å²) in [6.07, 6.45) is 3.87. The van der Waals surface area contributed by atoms with Crippen LogP contribution in [0.2, 0.25) is 0 Å². The first-order chi connectivity index (χ1) is 9.97. The van der Waals surface area contributed by atoms with E-state index in [0.717, 1.165) is 24.8 Å². The summed E-state index contributed by atoms with van der Waals surface area (Å²) < 4.78 is 0. The smallest absolute Gasteiger partial charge is 0.220 e. The molecule has 1 fully saturated rings. The van der Waals surface area contributed by atoms with Crippen LogP contribution in [0.15, 0.2) is 24.3 Å². The Kier molecular flexibility index (Phi) is 5.40. The van der Waals surface area contributed by atoms with E-state index in [9.17, 15) is 4.79 Å². The third-order valence-electron chi connectivity index (χ3n) is 4.65. The van der Waals surface area contributed by atoms with Gasteiger partial charge in [0.1, 0.15) is 0 Å². The number of hydrogen-bond donors (Lipinski definition) is 2. The van der Waals surface area contributed by atoms with E-state index in [1.54, 1.807) is 0 Å². The van der Waals surface area contributed by atoms with E-state index in [2.05, 4.69) is 43.4 Å². The van der Waals surface area contributed by atoms with Gasteiger partial charge in [-0.05, 0) is 42.7 Å². The second kappa shape index (κ2) is 7.08. The first-order valence-electron chi connectivity index (χ1n) is 8.12. The number of nitrogens with two attached hydrogens (primary N) is 1. The highest BCUT2D eigenvalue weighted by Crippen LogP contribution is 2.27. The molecule has 1 aliphatic rings. The number of carbonyl (C=O) groups is 1. The molecule has 0 aliphatic heterocycles. The van der Waals surface area contributed by atoms with Crippen LogP contribution < -0.4 is 11.1 Å². The maximum absolute atomic E-state index is 12.1. The molecule has 0 spiro atoms. The van der Waals surface area contributed by atoms with Crippen molar-refractivity contribution in [1.29, 1.82) is 0 Å². The maximum Gasteiger partial charge on any atom is 0.220 e. The van der Waals surface area contributed by atoms with Gasteiger partial charge >= 0.3 is 0 Å². The minimum Gasteiger partial charge on any atom is -0.350 e. The van der Waals surface area contributed by atoms with Crippen LogP contribution >= 0.6 is 0 Å². The van der Waals surface area contributed by atoms with E-state index in [1.807, 2.05) is 6.92 Å². The number of rotatable bonds is 5. The van der Waals surface area contributed by atoms with E-state index < -0.39 is 0 Å². The number of amides is 1. The summed E-state index contributed by atoms with van der Waals surface area (Å²) in [5.41, 5.74) is 8.52. The fraction of sp³-hybridized carbons (Fsp3) is 0.611. The van der Waals surface area contributed by atoms with Gasteiger partial charge in [0.2, 0.25) is 5.91 Å². The van der Waals surface area contributed by atoms with Crippen molar-refractivity contribution in [3.63, 3.8) is 0 Å². The number of carbonyl (C=O) groups excluding carboxylic acids is 1. The number of benzene rings is 1. The summed E-state index contributed by atoms with van der Waals surface area (Å²) in [5, 5.41) is 3.10. The van der Waals surface area contributed by atoms with Crippen LogP contribution in [0, 0.1) is 5.92 Å². The zero-order valence-corrected chi connectivity index (χ0v) is 13.4. The Morgan fingerprint density at radius 1 is 1.19 bits per heavy atom. The van der Waals surface area contributed by atoms with E-state index in [-0.39, 0.29) is 18.0 Å². The van der Waals surface area contributed by atoms with Gasteiger partial charge in [-0.25, -0.2) is 0 Å². The molecule has 3 atom stereocenters. The lowest BCUT2D eigenvalue weighted by atomic mass is 9.98. The highest BCUT2D eigenvalue weighted by Gasteiger charge is 2.26. The van der Waals surface area contributed by atoms with Crippen molar-refractivity contribution < 1.29 is 4.79 Å². The van der Waals surface area contributed by atoms with Crippen molar-refractivity contribution in [1.82, 2.24) is 5.32 Å². The van der Waals surface area contributed by atoms with Gasteiger partial charge in [0.15, 0.2) is 0 Å². The average Bonchev–Trinajstić information content (AvgIpc) is 2.84.